The van der Waals surface area contributed by atoms with E-state index in [0.717, 1.165) is 0 Å². The molecule has 0 aromatic carbocycles. The van der Waals surface area contributed by atoms with E-state index in [2.05, 4.69) is 4.98 Å². The lowest BCUT2D eigenvalue weighted by molar-refractivity contribution is -0.385. The Balaban J connectivity index is 2.33. The van der Waals surface area contributed by atoms with Gasteiger partial charge in [0, 0.05) is 77.2 Å². The van der Waals surface area contributed by atoms with E-state index < -0.39 is 41.0 Å². The lowest BCUT2D eigenvalue weighted by atomic mass is 10.2. The Bertz CT molecular complexity index is 927. The van der Waals surface area contributed by atoms with Gasteiger partial charge < -0.3 is 15.3 Å². The highest BCUT2D eigenvalue weighted by molar-refractivity contribution is 5.73. The van der Waals surface area contributed by atoms with Crippen LogP contribution in [0.25, 0.3) is 0 Å². The summed E-state index contributed by atoms with van der Waals surface area (Å²) in [5.41, 5.74) is 0.382. The normalized spacial score (nSPS) is 20.2. The molecule has 0 unspecified atom stereocenters. The number of carboxylic acids is 3. The Morgan fingerprint density at radius 2 is 1.22 bits per heavy atom. The second kappa shape index (κ2) is 13.9. The van der Waals surface area contributed by atoms with Crippen molar-refractivity contribution in [3.05, 3.63) is 34.1 Å². The molecule has 0 bridgehead atoms. The molecular weight excluding hydrogens is 488 g/mol. The third-order valence-corrected chi connectivity index (χ3v) is 6.87. The second-order valence-electron chi connectivity index (χ2n) is 9.19. The van der Waals surface area contributed by atoms with E-state index in [9.17, 15) is 39.8 Å². The van der Waals surface area contributed by atoms with Gasteiger partial charge in [0.1, 0.15) is 18.1 Å². The molecule has 37 heavy (non-hydrogen) atoms. The van der Waals surface area contributed by atoms with Gasteiger partial charge in [-0.15, -0.1) is 0 Å². The quantitative estimate of drug-likeness (QED) is 0.293. The average Bonchev–Trinajstić information content (AvgIpc) is 2.84. The molecule has 2 rings (SSSR count). The van der Waals surface area contributed by atoms with Crippen LogP contribution in [0.5, 0.6) is 0 Å². The van der Waals surface area contributed by atoms with Crippen LogP contribution in [0.3, 0.4) is 0 Å². The fourth-order valence-corrected chi connectivity index (χ4v) is 4.18. The van der Waals surface area contributed by atoms with E-state index in [1.54, 1.807) is 35.5 Å². The molecule has 1 aromatic heterocycles. The summed E-state index contributed by atoms with van der Waals surface area (Å²) in [5.74, 6) is -3.02. The molecule has 0 aliphatic carbocycles. The summed E-state index contributed by atoms with van der Waals surface area (Å²) < 4.78 is 0. The number of nitrogens with zero attached hydrogens (tertiary/aromatic N) is 6. The minimum atomic E-state index is -1.02. The number of hydrogen-bond acceptors (Lipinski definition) is 10. The molecular formula is C23H36N6O8. The van der Waals surface area contributed by atoms with Crippen LogP contribution in [-0.2, 0) is 20.9 Å². The summed E-state index contributed by atoms with van der Waals surface area (Å²) in [5, 5.41) is 40.0. The van der Waals surface area contributed by atoms with Crippen LogP contribution in [0.2, 0.25) is 0 Å². The lowest BCUT2D eigenvalue weighted by Crippen LogP contribution is -2.53. The summed E-state index contributed by atoms with van der Waals surface area (Å²) in [4.78, 5) is 57.3. The van der Waals surface area contributed by atoms with E-state index >= 15 is 0 Å². The number of rotatable bonds is 9. The highest BCUT2D eigenvalue weighted by atomic mass is 16.6. The molecule has 1 aliphatic heterocycles. The first-order valence-corrected chi connectivity index (χ1v) is 12.1. The maximum absolute atomic E-state index is 11.8. The van der Waals surface area contributed by atoms with Gasteiger partial charge in [-0.3, -0.25) is 49.1 Å². The molecule has 14 nitrogen and oxygen atoms in total. The van der Waals surface area contributed by atoms with Gasteiger partial charge in [0.05, 0.1) is 10.6 Å². The molecule has 3 N–H and O–H groups in total. The molecule has 0 saturated carbocycles. The Morgan fingerprint density at radius 1 is 0.838 bits per heavy atom. The fraction of sp³-hybridized carbons (Fsp3) is 0.652. The maximum atomic E-state index is 11.8. The van der Waals surface area contributed by atoms with Crippen molar-refractivity contribution in [2.45, 2.75) is 45.4 Å². The third kappa shape index (κ3) is 9.00. The van der Waals surface area contributed by atoms with Crippen molar-refractivity contribution in [2.75, 3.05) is 52.4 Å². The Morgan fingerprint density at radius 3 is 1.57 bits per heavy atom. The molecule has 14 heteroatoms. The Labute approximate surface area is 215 Å². The van der Waals surface area contributed by atoms with Crippen LogP contribution < -0.4 is 0 Å². The number of aliphatic carboxylic acids is 3. The minimum Gasteiger partial charge on any atom is -0.480 e. The van der Waals surface area contributed by atoms with E-state index in [0.29, 0.717) is 45.0 Å². The molecule has 1 aliphatic rings. The Hall–Kier alpha value is -3.20. The van der Waals surface area contributed by atoms with Gasteiger partial charge >= 0.3 is 17.9 Å². The van der Waals surface area contributed by atoms with Crippen LogP contribution in [0.15, 0.2) is 18.3 Å². The first-order chi connectivity index (χ1) is 17.4. The van der Waals surface area contributed by atoms with Crippen LogP contribution in [0, 0.1) is 10.1 Å². The summed E-state index contributed by atoms with van der Waals surface area (Å²) in [7, 11) is 0. The fourth-order valence-electron chi connectivity index (χ4n) is 4.18. The van der Waals surface area contributed by atoms with Crippen LogP contribution in [0.1, 0.15) is 26.5 Å². The zero-order valence-electron chi connectivity index (χ0n) is 21.4. The largest absolute Gasteiger partial charge is 0.480 e. The number of nitro groups is 1. The molecule has 1 saturated heterocycles. The number of hydrogen-bond donors (Lipinski definition) is 3. The van der Waals surface area contributed by atoms with Crippen molar-refractivity contribution in [1.82, 2.24) is 24.6 Å². The van der Waals surface area contributed by atoms with Gasteiger partial charge in [-0.05, 0) is 20.8 Å². The standard InChI is InChI=1S/C23H36N6O8/c1-16(21(30)31)26-8-6-25(15-19-14-20(29(36)37)4-5-24-19)7-9-27(17(2)22(32)33)11-13-28(12-10-26)18(3)23(34)35/h4-5,14,16-18H,6-13,15H2,1-3H3,(H,30,31)(H,32,33)(H,34,35)/t16-,17-,18-/m0/s1. The van der Waals surface area contributed by atoms with Gasteiger partial charge in [0.15, 0.2) is 0 Å². The molecule has 0 amide bonds. The molecule has 1 fully saturated rings. The van der Waals surface area contributed by atoms with Crippen LogP contribution in [-0.4, -0.2) is 133 Å². The van der Waals surface area contributed by atoms with Crippen molar-refractivity contribution < 1.29 is 34.6 Å². The number of pyridine rings is 1. The van der Waals surface area contributed by atoms with Crippen molar-refractivity contribution in [3.63, 3.8) is 0 Å². The lowest BCUT2D eigenvalue weighted by Gasteiger charge is -2.37. The van der Waals surface area contributed by atoms with E-state index in [-0.39, 0.29) is 25.3 Å². The first-order valence-electron chi connectivity index (χ1n) is 12.1. The van der Waals surface area contributed by atoms with Crippen LogP contribution in [0.4, 0.5) is 5.69 Å². The van der Waals surface area contributed by atoms with E-state index in [4.69, 9.17) is 0 Å². The zero-order chi connectivity index (χ0) is 27.7. The highest BCUT2D eigenvalue weighted by Gasteiger charge is 2.28. The van der Waals surface area contributed by atoms with Crippen molar-refractivity contribution in [1.29, 1.82) is 0 Å². The smallest absolute Gasteiger partial charge is 0.320 e. The second-order valence-corrected chi connectivity index (χ2v) is 9.19. The van der Waals surface area contributed by atoms with Gasteiger partial charge in [-0.2, -0.15) is 0 Å². The maximum Gasteiger partial charge on any atom is 0.320 e. The number of carboxylic acid groups (broad SMARTS) is 3. The Kier molecular flexibility index (Phi) is 11.3. The summed E-state index contributed by atoms with van der Waals surface area (Å²) in [6.45, 7) is 7.58. The average molecular weight is 525 g/mol. The van der Waals surface area contributed by atoms with Crippen LogP contribution >= 0.6 is 0 Å². The summed E-state index contributed by atoms with van der Waals surface area (Å²) in [6.07, 6.45) is 1.36. The van der Waals surface area contributed by atoms with Gasteiger partial charge in [-0.1, -0.05) is 0 Å². The van der Waals surface area contributed by atoms with E-state index in [1.807, 2.05) is 4.90 Å². The number of carbonyl (C=O) groups is 3. The SMILES string of the molecule is C[C@@H](C(=O)O)N1CCN(Cc2cc([N+](=O)[O-])ccn2)CCN([C@@H](C)C(=O)O)CCN([C@@H](C)C(=O)O)CC1. The monoisotopic (exact) mass is 524 g/mol. The summed E-state index contributed by atoms with van der Waals surface area (Å²) in [6, 6.07) is 0.230. The van der Waals surface area contributed by atoms with E-state index in [1.165, 1.54) is 18.3 Å². The molecule has 206 valence electrons. The van der Waals surface area contributed by atoms with Gasteiger partial charge in [0.2, 0.25) is 0 Å². The molecule has 0 spiro atoms. The predicted molar refractivity (Wildman–Crippen MR) is 132 cm³/mol. The predicted octanol–water partition coefficient (Wildman–Crippen LogP) is 0.131. The minimum absolute atomic E-state index is 0.0887. The number of aromatic nitrogens is 1. The zero-order valence-corrected chi connectivity index (χ0v) is 21.4. The van der Waals surface area contributed by atoms with Crippen molar-refractivity contribution >= 4 is 23.6 Å². The van der Waals surface area contributed by atoms with Gasteiger partial charge in [0.25, 0.3) is 5.69 Å². The molecule has 2 heterocycles. The van der Waals surface area contributed by atoms with Crippen molar-refractivity contribution in [3.8, 4) is 0 Å². The molecule has 3 atom stereocenters. The molecule has 0 radical (unpaired) electrons. The van der Waals surface area contributed by atoms with Crippen molar-refractivity contribution in [2.24, 2.45) is 0 Å². The molecule has 1 aromatic rings. The summed E-state index contributed by atoms with van der Waals surface area (Å²) >= 11 is 0. The topological polar surface area (TPSA) is 181 Å². The highest BCUT2D eigenvalue weighted by Crippen LogP contribution is 2.14. The first kappa shape index (κ1) is 30.0. The third-order valence-electron chi connectivity index (χ3n) is 6.87. The van der Waals surface area contributed by atoms with Gasteiger partial charge in [-0.25, -0.2) is 0 Å².